The summed E-state index contributed by atoms with van der Waals surface area (Å²) < 4.78 is 4.74. The lowest BCUT2D eigenvalue weighted by molar-refractivity contribution is -0.149. The second-order valence-corrected chi connectivity index (χ2v) is 7.08. The van der Waals surface area contributed by atoms with Crippen LogP contribution in [-0.2, 0) is 19.1 Å². The van der Waals surface area contributed by atoms with Crippen LogP contribution in [0.25, 0.3) is 6.08 Å². The number of thiazole rings is 1. The molecular weight excluding hydrogens is 378 g/mol. The highest BCUT2D eigenvalue weighted by atomic mass is 32.1. The third kappa shape index (κ3) is 5.04. The van der Waals surface area contributed by atoms with Crippen LogP contribution in [0.15, 0.2) is 41.8 Å². The average Bonchev–Trinajstić information content (AvgIpc) is 3.14. The second-order valence-electron chi connectivity index (χ2n) is 6.24. The molecule has 0 fully saturated rings. The molecule has 2 aromatic rings. The van der Waals surface area contributed by atoms with E-state index in [0.29, 0.717) is 17.2 Å². The molecule has 148 valence electrons. The fourth-order valence-corrected chi connectivity index (χ4v) is 3.30. The Morgan fingerprint density at radius 2 is 1.96 bits per heavy atom. The van der Waals surface area contributed by atoms with Crippen molar-refractivity contribution in [1.29, 1.82) is 0 Å². The van der Waals surface area contributed by atoms with Crippen LogP contribution in [0.4, 0.5) is 10.8 Å². The lowest BCUT2D eigenvalue weighted by Crippen LogP contribution is -2.51. The predicted molar refractivity (Wildman–Crippen MR) is 109 cm³/mol. The molecule has 0 aliphatic carbocycles. The average molecular weight is 401 g/mol. The van der Waals surface area contributed by atoms with E-state index >= 15 is 0 Å². The second kappa shape index (κ2) is 9.27. The number of para-hydroxylation sites is 1. The molecule has 1 atom stereocenters. The number of benzene rings is 1. The van der Waals surface area contributed by atoms with E-state index in [-0.39, 0.29) is 5.91 Å². The van der Waals surface area contributed by atoms with Gasteiger partial charge in [0, 0.05) is 18.4 Å². The van der Waals surface area contributed by atoms with E-state index in [1.54, 1.807) is 19.2 Å². The van der Waals surface area contributed by atoms with Crippen LogP contribution < -0.4 is 10.2 Å². The van der Waals surface area contributed by atoms with Crippen LogP contribution in [0.2, 0.25) is 0 Å². The van der Waals surface area contributed by atoms with Gasteiger partial charge in [-0.2, -0.15) is 0 Å². The van der Waals surface area contributed by atoms with Crippen LogP contribution in [-0.4, -0.2) is 35.4 Å². The van der Waals surface area contributed by atoms with E-state index in [1.807, 2.05) is 30.3 Å². The van der Waals surface area contributed by atoms with E-state index in [0.717, 1.165) is 5.69 Å². The van der Waals surface area contributed by atoms with Crippen molar-refractivity contribution in [2.45, 2.75) is 32.7 Å². The zero-order valence-electron chi connectivity index (χ0n) is 16.3. The Hall–Kier alpha value is -3.00. The third-order valence-electron chi connectivity index (χ3n) is 4.18. The molecular formula is C20H23N3O4S. The fraction of sp³-hybridized carbons (Fsp3) is 0.300. The molecule has 0 saturated carbocycles. The number of nitrogens with zero attached hydrogens (tertiary/aromatic N) is 2. The number of anilines is 2. The van der Waals surface area contributed by atoms with Crippen molar-refractivity contribution in [3.05, 3.63) is 47.5 Å². The van der Waals surface area contributed by atoms with Crippen molar-refractivity contribution in [1.82, 2.24) is 10.3 Å². The van der Waals surface area contributed by atoms with Crippen molar-refractivity contribution in [2.24, 2.45) is 0 Å². The molecule has 1 aromatic carbocycles. The number of carbonyl (C=O) groups is 3. The largest absolute Gasteiger partial charge is 0.467 e. The number of rotatable bonds is 7. The fourth-order valence-electron chi connectivity index (χ4n) is 2.44. The van der Waals surface area contributed by atoms with E-state index in [2.05, 4.69) is 10.3 Å². The molecule has 1 unspecified atom stereocenters. The molecule has 28 heavy (non-hydrogen) atoms. The SMILES string of the molecule is CCC(C)(NC(=O)/C=C/c1csc(N(C(C)=O)c2ccccc2)n1)C(=O)OC. The Morgan fingerprint density at radius 1 is 1.29 bits per heavy atom. The summed E-state index contributed by atoms with van der Waals surface area (Å²) in [5, 5.41) is 4.90. The molecule has 8 heteroatoms. The molecule has 1 aromatic heterocycles. The minimum absolute atomic E-state index is 0.161. The number of carbonyl (C=O) groups excluding carboxylic acids is 3. The number of ether oxygens (including phenoxy) is 1. The minimum atomic E-state index is -1.10. The zero-order chi connectivity index (χ0) is 20.7. The van der Waals surface area contributed by atoms with E-state index in [4.69, 9.17) is 4.74 Å². The summed E-state index contributed by atoms with van der Waals surface area (Å²) in [6, 6.07) is 9.20. The summed E-state index contributed by atoms with van der Waals surface area (Å²) in [6.07, 6.45) is 3.23. The van der Waals surface area contributed by atoms with Gasteiger partial charge in [0.15, 0.2) is 5.13 Å². The number of methoxy groups -OCH3 is 1. The smallest absolute Gasteiger partial charge is 0.331 e. The Kier molecular flexibility index (Phi) is 7.06. The molecule has 1 heterocycles. The number of aromatic nitrogens is 1. The van der Waals surface area contributed by atoms with Gasteiger partial charge in [0.05, 0.1) is 18.5 Å². The van der Waals surface area contributed by atoms with Gasteiger partial charge in [-0.15, -0.1) is 11.3 Å². The van der Waals surface area contributed by atoms with Crippen molar-refractivity contribution in [2.75, 3.05) is 12.0 Å². The molecule has 0 spiro atoms. The summed E-state index contributed by atoms with van der Waals surface area (Å²) in [4.78, 5) is 42.0. The number of hydrogen-bond acceptors (Lipinski definition) is 6. The van der Waals surface area contributed by atoms with Crippen molar-refractivity contribution in [3.63, 3.8) is 0 Å². The van der Waals surface area contributed by atoms with Gasteiger partial charge in [-0.3, -0.25) is 14.5 Å². The molecule has 7 nitrogen and oxygen atoms in total. The van der Waals surface area contributed by atoms with Gasteiger partial charge >= 0.3 is 5.97 Å². The molecule has 2 amide bonds. The first-order valence-electron chi connectivity index (χ1n) is 8.70. The standard InChI is InChI=1S/C20H23N3O4S/c1-5-20(3,18(26)27-4)22-17(25)12-11-15-13-28-19(21-15)23(14(2)24)16-9-7-6-8-10-16/h6-13H,5H2,1-4H3,(H,22,25)/b12-11+. The van der Waals surface area contributed by atoms with Gasteiger partial charge in [-0.25, -0.2) is 9.78 Å². The van der Waals surface area contributed by atoms with Crippen LogP contribution in [0.3, 0.4) is 0 Å². The van der Waals surface area contributed by atoms with E-state index in [1.165, 1.54) is 42.4 Å². The zero-order valence-corrected chi connectivity index (χ0v) is 17.1. The van der Waals surface area contributed by atoms with Gasteiger partial charge in [-0.05, 0) is 31.6 Å². The topological polar surface area (TPSA) is 88.6 Å². The van der Waals surface area contributed by atoms with Gasteiger partial charge in [0.2, 0.25) is 11.8 Å². The molecule has 0 saturated heterocycles. The van der Waals surface area contributed by atoms with E-state index < -0.39 is 17.4 Å². The van der Waals surface area contributed by atoms with Gasteiger partial charge in [-0.1, -0.05) is 25.1 Å². The highest BCUT2D eigenvalue weighted by molar-refractivity contribution is 7.14. The lowest BCUT2D eigenvalue weighted by Gasteiger charge is -2.25. The van der Waals surface area contributed by atoms with Gasteiger partial charge in [0.1, 0.15) is 5.54 Å². The third-order valence-corrected chi connectivity index (χ3v) is 5.02. The molecule has 0 aliphatic rings. The summed E-state index contributed by atoms with van der Waals surface area (Å²) in [5.41, 5.74) is 0.158. The van der Waals surface area contributed by atoms with Crippen LogP contribution >= 0.6 is 11.3 Å². The molecule has 1 N–H and O–H groups in total. The van der Waals surface area contributed by atoms with Crippen molar-refractivity contribution >= 4 is 46.0 Å². The maximum Gasteiger partial charge on any atom is 0.331 e. The first-order valence-corrected chi connectivity index (χ1v) is 9.58. The maximum atomic E-state index is 12.2. The lowest BCUT2D eigenvalue weighted by atomic mass is 9.99. The van der Waals surface area contributed by atoms with Crippen LogP contribution in [0.5, 0.6) is 0 Å². The minimum Gasteiger partial charge on any atom is -0.467 e. The number of esters is 1. The number of amides is 2. The van der Waals surface area contributed by atoms with Crippen LogP contribution in [0.1, 0.15) is 32.9 Å². The summed E-state index contributed by atoms with van der Waals surface area (Å²) >= 11 is 1.30. The Balaban J connectivity index is 2.14. The van der Waals surface area contributed by atoms with Crippen molar-refractivity contribution < 1.29 is 19.1 Å². The van der Waals surface area contributed by atoms with Crippen molar-refractivity contribution in [3.8, 4) is 0 Å². The number of hydrogen-bond donors (Lipinski definition) is 1. The molecule has 0 aliphatic heterocycles. The van der Waals surface area contributed by atoms with E-state index in [9.17, 15) is 14.4 Å². The first kappa shape index (κ1) is 21.3. The summed E-state index contributed by atoms with van der Waals surface area (Å²) in [5.74, 6) is -1.10. The normalized spacial score (nSPS) is 13.0. The Labute approximate surface area is 168 Å². The quantitative estimate of drug-likeness (QED) is 0.568. The molecule has 0 bridgehead atoms. The first-order chi connectivity index (χ1) is 13.3. The van der Waals surface area contributed by atoms with Crippen LogP contribution in [0, 0.1) is 0 Å². The monoisotopic (exact) mass is 401 g/mol. The highest BCUT2D eigenvalue weighted by Crippen LogP contribution is 2.29. The predicted octanol–water partition coefficient (Wildman–Crippen LogP) is 3.30. The molecule has 2 rings (SSSR count). The van der Waals surface area contributed by atoms with Gasteiger partial charge in [0.25, 0.3) is 0 Å². The number of nitrogens with one attached hydrogen (secondary N) is 1. The summed E-state index contributed by atoms with van der Waals surface area (Å²) in [6.45, 7) is 4.86. The van der Waals surface area contributed by atoms with Gasteiger partial charge < -0.3 is 10.1 Å². The Bertz CT molecular complexity index is 879. The Morgan fingerprint density at radius 3 is 2.54 bits per heavy atom. The summed E-state index contributed by atoms with van der Waals surface area (Å²) in [7, 11) is 1.28. The molecule has 0 radical (unpaired) electrons. The maximum absolute atomic E-state index is 12.2. The highest BCUT2D eigenvalue weighted by Gasteiger charge is 2.33.